The summed E-state index contributed by atoms with van der Waals surface area (Å²) in [6.45, 7) is 4.13. The van der Waals surface area contributed by atoms with Gasteiger partial charge in [-0.05, 0) is 55.3 Å². The summed E-state index contributed by atoms with van der Waals surface area (Å²) in [5, 5.41) is 15.2. The number of aliphatic hydroxyl groups excluding tert-OH is 1. The van der Waals surface area contributed by atoms with Gasteiger partial charge in [0.2, 0.25) is 0 Å². The van der Waals surface area contributed by atoms with E-state index < -0.39 is 6.10 Å². The molecule has 2 aromatic carbocycles. The maximum atomic E-state index is 13.0. The van der Waals surface area contributed by atoms with Crippen LogP contribution in [0, 0.1) is 13.8 Å². The number of aliphatic hydroxyl groups is 1. The molecule has 0 amide bonds. The molecule has 4 aromatic rings. The average molecular weight is 389 g/mol. The number of aromatic nitrogens is 3. The first-order chi connectivity index (χ1) is 14.0. The van der Waals surface area contributed by atoms with Crippen LogP contribution in [0.1, 0.15) is 22.8 Å². The van der Waals surface area contributed by atoms with Crippen molar-refractivity contribution in [1.29, 1.82) is 0 Å². The van der Waals surface area contributed by atoms with E-state index in [9.17, 15) is 9.90 Å². The zero-order chi connectivity index (χ0) is 20.5. The van der Waals surface area contributed by atoms with Crippen molar-refractivity contribution < 1.29 is 9.84 Å². The van der Waals surface area contributed by atoms with Gasteiger partial charge in [-0.15, -0.1) is 0 Å². The number of fused-ring (bicyclic) bond motifs is 1. The molecule has 1 atom stereocenters. The van der Waals surface area contributed by atoms with E-state index in [0.29, 0.717) is 11.2 Å². The molecule has 0 aliphatic heterocycles. The minimum absolute atomic E-state index is 0.183. The number of hydrogen-bond donors (Lipinski definition) is 1. The van der Waals surface area contributed by atoms with Gasteiger partial charge in [0, 0.05) is 18.0 Å². The maximum absolute atomic E-state index is 13.0. The van der Waals surface area contributed by atoms with Crippen molar-refractivity contribution in [3.05, 3.63) is 88.0 Å². The molecule has 0 aliphatic rings. The molecule has 2 aromatic heterocycles. The predicted molar refractivity (Wildman–Crippen MR) is 112 cm³/mol. The third-order valence-corrected chi connectivity index (χ3v) is 5.15. The standard InChI is InChI=1S/C23H23N3O3/c1-15-4-5-16(2)19(12-15)22(27)14-25-10-11-26-21(23(25)28)13-20(24-26)17-6-8-18(29-3)9-7-17/h4-13,22,27H,14H2,1-3H3/t22-/m1/s1. The number of rotatable bonds is 5. The fourth-order valence-corrected chi connectivity index (χ4v) is 3.48. The lowest BCUT2D eigenvalue weighted by atomic mass is 10.0. The Bertz CT molecular complexity index is 1220. The van der Waals surface area contributed by atoms with Gasteiger partial charge < -0.3 is 14.4 Å². The summed E-state index contributed by atoms with van der Waals surface area (Å²) in [5.41, 5.74) is 4.80. The topological polar surface area (TPSA) is 68.8 Å². The van der Waals surface area contributed by atoms with Crippen molar-refractivity contribution in [2.75, 3.05) is 7.11 Å². The van der Waals surface area contributed by atoms with Crippen LogP contribution < -0.4 is 10.3 Å². The molecule has 6 heteroatoms. The van der Waals surface area contributed by atoms with Crippen molar-refractivity contribution in [3.63, 3.8) is 0 Å². The van der Waals surface area contributed by atoms with E-state index >= 15 is 0 Å². The van der Waals surface area contributed by atoms with Crippen molar-refractivity contribution in [1.82, 2.24) is 14.2 Å². The van der Waals surface area contributed by atoms with E-state index in [1.165, 1.54) is 4.57 Å². The fraction of sp³-hybridized carbons (Fsp3) is 0.217. The number of ether oxygens (including phenoxy) is 1. The normalized spacial score (nSPS) is 12.3. The molecule has 0 saturated heterocycles. The van der Waals surface area contributed by atoms with Crippen molar-refractivity contribution in [2.24, 2.45) is 0 Å². The van der Waals surface area contributed by atoms with Gasteiger partial charge in [-0.25, -0.2) is 4.52 Å². The highest BCUT2D eigenvalue weighted by Gasteiger charge is 2.15. The summed E-state index contributed by atoms with van der Waals surface area (Å²) in [6, 6.07) is 15.3. The van der Waals surface area contributed by atoms with Crippen LogP contribution in [0.3, 0.4) is 0 Å². The van der Waals surface area contributed by atoms with Gasteiger partial charge >= 0.3 is 0 Å². The van der Waals surface area contributed by atoms with Gasteiger partial charge in [0.1, 0.15) is 11.3 Å². The molecule has 0 saturated carbocycles. The zero-order valence-corrected chi connectivity index (χ0v) is 16.7. The third-order valence-electron chi connectivity index (χ3n) is 5.15. The number of nitrogens with zero attached hydrogens (tertiary/aromatic N) is 3. The van der Waals surface area contributed by atoms with E-state index in [1.54, 1.807) is 30.1 Å². The molecule has 4 rings (SSSR count). The fourth-order valence-electron chi connectivity index (χ4n) is 3.48. The van der Waals surface area contributed by atoms with Crippen LogP contribution in [0.5, 0.6) is 5.75 Å². The summed E-state index contributed by atoms with van der Waals surface area (Å²) in [7, 11) is 1.62. The van der Waals surface area contributed by atoms with Gasteiger partial charge in [-0.2, -0.15) is 5.10 Å². The molecule has 148 valence electrons. The van der Waals surface area contributed by atoms with Crippen molar-refractivity contribution in [3.8, 4) is 17.0 Å². The van der Waals surface area contributed by atoms with Crippen LogP contribution in [0.4, 0.5) is 0 Å². The molecule has 2 heterocycles. The Morgan fingerprint density at radius 2 is 1.83 bits per heavy atom. The second-order valence-electron chi connectivity index (χ2n) is 7.22. The predicted octanol–water partition coefficient (Wildman–Crippen LogP) is 3.52. The van der Waals surface area contributed by atoms with Gasteiger partial charge in [0.05, 0.1) is 25.5 Å². The molecule has 0 aliphatic carbocycles. The molecule has 0 spiro atoms. The second-order valence-corrected chi connectivity index (χ2v) is 7.22. The highest BCUT2D eigenvalue weighted by Crippen LogP contribution is 2.23. The number of benzene rings is 2. The molecule has 0 unspecified atom stereocenters. The Morgan fingerprint density at radius 1 is 1.07 bits per heavy atom. The van der Waals surface area contributed by atoms with Gasteiger partial charge in [-0.3, -0.25) is 4.79 Å². The highest BCUT2D eigenvalue weighted by atomic mass is 16.5. The lowest BCUT2D eigenvalue weighted by molar-refractivity contribution is 0.154. The zero-order valence-electron chi connectivity index (χ0n) is 16.7. The van der Waals surface area contributed by atoms with Crippen LogP contribution in [0.15, 0.2) is 65.7 Å². The average Bonchev–Trinajstić information content (AvgIpc) is 3.17. The van der Waals surface area contributed by atoms with Gasteiger partial charge in [0.15, 0.2) is 0 Å². The van der Waals surface area contributed by atoms with Crippen LogP contribution in [-0.4, -0.2) is 26.4 Å². The monoisotopic (exact) mass is 389 g/mol. The highest BCUT2D eigenvalue weighted by molar-refractivity contribution is 5.66. The molecule has 0 fully saturated rings. The van der Waals surface area contributed by atoms with E-state index in [1.807, 2.05) is 56.3 Å². The van der Waals surface area contributed by atoms with E-state index in [2.05, 4.69) is 5.10 Å². The first-order valence-corrected chi connectivity index (χ1v) is 9.45. The molecule has 6 nitrogen and oxygen atoms in total. The first kappa shape index (κ1) is 19.0. The quantitative estimate of drug-likeness (QED) is 0.567. The van der Waals surface area contributed by atoms with Crippen LogP contribution in [0.2, 0.25) is 0 Å². The van der Waals surface area contributed by atoms with Crippen LogP contribution >= 0.6 is 0 Å². The third kappa shape index (κ3) is 3.67. The van der Waals surface area contributed by atoms with Gasteiger partial charge in [-0.1, -0.05) is 23.8 Å². The lowest BCUT2D eigenvalue weighted by Crippen LogP contribution is -2.24. The Morgan fingerprint density at radius 3 is 2.55 bits per heavy atom. The summed E-state index contributed by atoms with van der Waals surface area (Å²) >= 11 is 0. The summed E-state index contributed by atoms with van der Waals surface area (Å²) in [6.07, 6.45) is 2.63. The maximum Gasteiger partial charge on any atom is 0.276 e. The molecular weight excluding hydrogens is 366 g/mol. The Balaban J connectivity index is 1.67. The summed E-state index contributed by atoms with van der Waals surface area (Å²) in [5.74, 6) is 0.764. The summed E-state index contributed by atoms with van der Waals surface area (Å²) < 4.78 is 8.29. The van der Waals surface area contributed by atoms with E-state index in [4.69, 9.17) is 4.74 Å². The Kier molecular flexibility index (Phi) is 4.94. The van der Waals surface area contributed by atoms with Gasteiger partial charge in [0.25, 0.3) is 5.56 Å². The van der Waals surface area contributed by atoms with Crippen molar-refractivity contribution >= 4 is 5.52 Å². The van der Waals surface area contributed by atoms with Crippen LogP contribution in [0.25, 0.3) is 16.8 Å². The van der Waals surface area contributed by atoms with Crippen LogP contribution in [-0.2, 0) is 6.54 Å². The van der Waals surface area contributed by atoms with E-state index in [0.717, 1.165) is 28.0 Å². The Hall–Kier alpha value is -3.38. The molecule has 29 heavy (non-hydrogen) atoms. The van der Waals surface area contributed by atoms with Crippen molar-refractivity contribution in [2.45, 2.75) is 26.5 Å². The second kappa shape index (κ2) is 7.56. The largest absolute Gasteiger partial charge is 0.497 e. The molecule has 1 N–H and O–H groups in total. The number of methoxy groups -OCH3 is 1. The minimum Gasteiger partial charge on any atom is -0.497 e. The molecule has 0 radical (unpaired) electrons. The number of aryl methyl sites for hydroxylation is 2. The summed E-state index contributed by atoms with van der Waals surface area (Å²) in [4.78, 5) is 13.0. The smallest absolute Gasteiger partial charge is 0.276 e. The SMILES string of the molecule is COc1ccc(-c2cc3c(=O)n(C[C@@H](O)c4cc(C)ccc4C)ccn3n2)cc1. The molecule has 0 bridgehead atoms. The van der Waals surface area contributed by atoms with E-state index in [-0.39, 0.29) is 12.1 Å². The molecular formula is C23H23N3O3. The lowest BCUT2D eigenvalue weighted by Gasteiger charge is -2.16. The first-order valence-electron chi connectivity index (χ1n) is 9.45. The Labute approximate surface area is 168 Å². The number of hydrogen-bond acceptors (Lipinski definition) is 4. The minimum atomic E-state index is -0.765.